The number of nitrogens with zero attached hydrogens (tertiary/aromatic N) is 1. The number of fused-ring (bicyclic) bond motifs is 1. The van der Waals surface area contributed by atoms with Gasteiger partial charge in [-0.3, -0.25) is 4.79 Å². The highest BCUT2D eigenvalue weighted by Gasteiger charge is 2.27. The molecule has 27 heavy (non-hydrogen) atoms. The Morgan fingerprint density at radius 2 is 2.04 bits per heavy atom. The number of furan rings is 1. The molecular formula is C20H22N2O4S. The van der Waals surface area contributed by atoms with E-state index >= 15 is 0 Å². The van der Waals surface area contributed by atoms with E-state index in [9.17, 15) is 13.2 Å². The van der Waals surface area contributed by atoms with Crippen molar-refractivity contribution in [3.05, 3.63) is 54.0 Å². The number of rotatable bonds is 5. The Hall–Kier alpha value is -2.38. The summed E-state index contributed by atoms with van der Waals surface area (Å²) in [5.41, 5.74) is 1.65. The second kappa shape index (κ2) is 7.32. The van der Waals surface area contributed by atoms with Crippen molar-refractivity contribution in [3.8, 4) is 0 Å². The van der Waals surface area contributed by atoms with Gasteiger partial charge < -0.3 is 9.32 Å². The van der Waals surface area contributed by atoms with E-state index in [0.717, 1.165) is 36.9 Å². The first kappa shape index (κ1) is 18.0. The minimum Gasteiger partial charge on any atom is -0.465 e. The number of anilines is 1. The van der Waals surface area contributed by atoms with Gasteiger partial charge in [-0.1, -0.05) is 12.8 Å². The standard InChI is InChI=1S/C20H22N2O4S/c23-20(10-7-17-6-3-13-26-17)22-12-11-15-14-18(8-9-19(15)22)27(24,25)21-16-4-1-2-5-16/h3,6-10,13-14,16,21H,1-2,4-5,11-12H2/b10-7+. The number of carbonyl (C=O) groups is 1. The molecule has 2 aromatic rings. The van der Waals surface area contributed by atoms with Crippen LogP contribution in [-0.4, -0.2) is 26.9 Å². The molecule has 1 fully saturated rings. The summed E-state index contributed by atoms with van der Waals surface area (Å²) in [7, 11) is -3.52. The van der Waals surface area contributed by atoms with Gasteiger partial charge in [-0.05, 0) is 61.2 Å². The van der Waals surface area contributed by atoms with Crippen molar-refractivity contribution in [3.63, 3.8) is 0 Å². The normalized spacial score (nSPS) is 17.7. The highest BCUT2D eigenvalue weighted by Crippen LogP contribution is 2.31. The summed E-state index contributed by atoms with van der Waals surface area (Å²) in [6.07, 6.45) is 9.23. The van der Waals surface area contributed by atoms with E-state index in [2.05, 4.69) is 4.72 Å². The molecule has 1 aliphatic heterocycles. The lowest BCUT2D eigenvalue weighted by atomic mass is 10.2. The van der Waals surface area contributed by atoms with E-state index in [-0.39, 0.29) is 16.8 Å². The molecule has 7 heteroatoms. The number of amides is 1. The average molecular weight is 386 g/mol. The number of sulfonamides is 1. The summed E-state index contributed by atoms with van der Waals surface area (Å²) in [4.78, 5) is 14.4. The third-order valence-corrected chi connectivity index (χ3v) is 6.65. The number of hydrogen-bond acceptors (Lipinski definition) is 4. The van der Waals surface area contributed by atoms with E-state index in [1.54, 1.807) is 47.6 Å². The second-order valence-electron chi connectivity index (χ2n) is 6.98. The van der Waals surface area contributed by atoms with Crippen molar-refractivity contribution >= 4 is 27.7 Å². The summed E-state index contributed by atoms with van der Waals surface area (Å²) >= 11 is 0. The Kier molecular flexibility index (Phi) is 4.88. The van der Waals surface area contributed by atoms with Gasteiger partial charge in [-0.15, -0.1) is 0 Å². The second-order valence-corrected chi connectivity index (χ2v) is 8.70. The predicted octanol–water partition coefficient (Wildman–Crippen LogP) is 3.10. The van der Waals surface area contributed by atoms with Gasteiger partial charge in [0.2, 0.25) is 10.0 Å². The maximum atomic E-state index is 12.6. The van der Waals surface area contributed by atoms with E-state index < -0.39 is 10.0 Å². The molecule has 6 nitrogen and oxygen atoms in total. The van der Waals surface area contributed by atoms with Gasteiger partial charge >= 0.3 is 0 Å². The summed E-state index contributed by atoms with van der Waals surface area (Å²) in [6.45, 7) is 0.538. The van der Waals surface area contributed by atoms with Crippen LogP contribution in [-0.2, 0) is 21.2 Å². The van der Waals surface area contributed by atoms with Crippen LogP contribution in [0.3, 0.4) is 0 Å². The molecule has 0 radical (unpaired) electrons. The lowest BCUT2D eigenvalue weighted by Crippen LogP contribution is -2.32. The van der Waals surface area contributed by atoms with Gasteiger partial charge in [0.25, 0.3) is 5.91 Å². The minimum absolute atomic E-state index is 0.0352. The molecule has 1 aliphatic carbocycles. The van der Waals surface area contributed by atoms with Gasteiger partial charge in [0.1, 0.15) is 5.76 Å². The third kappa shape index (κ3) is 3.84. The largest absolute Gasteiger partial charge is 0.465 e. The Labute approximate surface area is 158 Å². The van der Waals surface area contributed by atoms with E-state index in [1.807, 2.05) is 0 Å². The fourth-order valence-corrected chi connectivity index (χ4v) is 5.09. The van der Waals surface area contributed by atoms with Crippen molar-refractivity contribution < 1.29 is 17.6 Å². The molecule has 4 rings (SSSR count). The predicted molar refractivity (Wildman–Crippen MR) is 103 cm³/mol. The summed E-state index contributed by atoms with van der Waals surface area (Å²) in [5.74, 6) is 0.465. The van der Waals surface area contributed by atoms with Crippen LogP contribution in [0.25, 0.3) is 6.08 Å². The molecule has 0 unspecified atom stereocenters. The summed E-state index contributed by atoms with van der Waals surface area (Å²) in [6, 6.07) is 8.57. The molecule has 0 atom stereocenters. The Balaban J connectivity index is 1.51. The molecule has 0 saturated heterocycles. The number of carbonyl (C=O) groups excluding carboxylic acids is 1. The Morgan fingerprint density at radius 1 is 1.22 bits per heavy atom. The van der Waals surface area contributed by atoms with Gasteiger partial charge in [0, 0.05) is 24.4 Å². The first-order valence-corrected chi connectivity index (χ1v) is 10.7. The zero-order valence-electron chi connectivity index (χ0n) is 14.9. The van der Waals surface area contributed by atoms with E-state index in [0.29, 0.717) is 18.7 Å². The number of hydrogen-bond donors (Lipinski definition) is 1. The fraction of sp³-hybridized carbons (Fsp3) is 0.350. The SMILES string of the molecule is O=C(/C=C/c1ccco1)N1CCc2cc(S(=O)(=O)NC3CCCC3)ccc21. The van der Waals surface area contributed by atoms with Gasteiger partial charge in [0.05, 0.1) is 11.2 Å². The highest BCUT2D eigenvalue weighted by molar-refractivity contribution is 7.89. The van der Waals surface area contributed by atoms with Crippen LogP contribution in [0.2, 0.25) is 0 Å². The molecule has 1 amide bonds. The minimum atomic E-state index is -3.52. The maximum absolute atomic E-state index is 12.6. The van der Waals surface area contributed by atoms with Crippen LogP contribution in [0.5, 0.6) is 0 Å². The highest BCUT2D eigenvalue weighted by atomic mass is 32.2. The average Bonchev–Trinajstić information content (AvgIpc) is 3.40. The van der Waals surface area contributed by atoms with E-state index in [4.69, 9.17) is 4.42 Å². The van der Waals surface area contributed by atoms with Gasteiger partial charge in [-0.25, -0.2) is 13.1 Å². The molecule has 2 heterocycles. The lowest BCUT2D eigenvalue weighted by Gasteiger charge is -2.16. The molecule has 2 aliphatic rings. The van der Waals surface area contributed by atoms with Crippen molar-refractivity contribution in [2.24, 2.45) is 0 Å². The molecule has 1 aromatic heterocycles. The zero-order chi connectivity index (χ0) is 18.9. The van der Waals surface area contributed by atoms with Crippen LogP contribution in [0.1, 0.15) is 37.0 Å². The summed E-state index contributed by atoms with van der Waals surface area (Å²) in [5, 5.41) is 0. The number of benzene rings is 1. The van der Waals surface area contributed by atoms with Crippen molar-refractivity contribution in [2.45, 2.75) is 43.0 Å². The quantitative estimate of drug-likeness (QED) is 0.801. The van der Waals surface area contributed by atoms with Crippen LogP contribution in [0, 0.1) is 0 Å². The number of nitrogens with one attached hydrogen (secondary N) is 1. The smallest absolute Gasteiger partial charge is 0.251 e. The fourth-order valence-electron chi connectivity index (χ4n) is 3.73. The zero-order valence-corrected chi connectivity index (χ0v) is 15.7. The molecule has 142 valence electrons. The molecular weight excluding hydrogens is 364 g/mol. The first-order valence-electron chi connectivity index (χ1n) is 9.21. The topological polar surface area (TPSA) is 79.6 Å². The lowest BCUT2D eigenvalue weighted by molar-refractivity contribution is -0.114. The van der Waals surface area contributed by atoms with Gasteiger partial charge in [0.15, 0.2) is 0 Å². The van der Waals surface area contributed by atoms with Gasteiger partial charge in [-0.2, -0.15) is 0 Å². The maximum Gasteiger partial charge on any atom is 0.251 e. The molecule has 0 spiro atoms. The van der Waals surface area contributed by atoms with Crippen molar-refractivity contribution in [1.29, 1.82) is 0 Å². The molecule has 1 N–H and O–H groups in total. The first-order chi connectivity index (χ1) is 13.0. The third-order valence-electron chi connectivity index (χ3n) is 5.13. The Bertz CT molecular complexity index is 958. The van der Waals surface area contributed by atoms with Crippen LogP contribution in [0.15, 0.2) is 52.0 Å². The van der Waals surface area contributed by atoms with Crippen molar-refractivity contribution in [1.82, 2.24) is 4.72 Å². The van der Waals surface area contributed by atoms with Crippen LogP contribution >= 0.6 is 0 Å². The monoisotopic (exact) mass is 386 g/mol. The molecule has 1 saturated carbocycles. The van der Waals surface area contributed by atoms with Crippen LogP contribution in [0.4, 0.5) is 5.69 Å². The van der Waals surface area contributed by atoms with Crippen LogP contribution < -0.4 is 9.62 Å². The Morgan fingerprint density at radius 3 is 2.78 bits per heavy atom. The summed E-state index contributed by atoms with van der Waals surface area (Å²) < 4.78 is 33.2. The van der Waals surface area contributed by atoms with Crippen molar-refractivity contribution in [2.75, 3.05) is 11.4 Å². The van der Waals surface area contributed by atoms with E-state index in [1.165, 1.54) is 6.08 Å². The molecule has 1 aromatic carbocycles. The molecule has 0 bridgehead atoms.